The highest BCUT2D eigenvalue weighted by atomic mass is 19.1. The zero-order valence-electron chi connectivity index (χ0n) is 7.16. The van der Waals surface area contributed by atoms with Crippen molar-refractivity contribution in [2.45, 2.75) is 12.5 Å². The third kappa shape index (κ3) is 1.57. The molecule has 13 heavy (non-hydrogen) atoms. The van der Waals surface area contributed by atoms with Gasteiger partial charge in [0.05, 0.1) is 19.8 Å². The van der Waals surface area contributed by atoms with Crippen LogP contribution in [-0.4, -0.2) is 18.3 Å². The number of aliphatic hydroxyl groups excluding tert-OH is 1. The summed E-state index contributed by atoms with van der Waals surface area (Å²) in [5, 5.41) is 9.01. The van der Waals surface area contributed by atoms with Crippen molar-refractivity contribution < 1.29 is 14.2 Å². The molecule has 0 atom stereocenters. The molecule has 1 N–H and O–H groups in total. The standard InChI is InChI=1S/C10H11FO2/c11-9-2-1-7(4-12)10(3-9)8-5-13-6-8/h1-3,8,12H,4-6H2. The van der Waals surface area contributed by atoms with E-state index < -0.39 is 0 Å². The van der Waals surface area contributed by atoms with Crippen LogP contribution in [0.3, 0.4) is 0 Å². The minimum atomic E-state index is -0.251. The van der Waals surface area contributed by atoms with E-state index in [1.807, 2.05) is 0 Å². The van der Waals surface area contributed by atoms with E-state index >= 15 is 0 Å². The van der Waals surface area contributed by atoms with E-state index in [1.165, 1.54) is 12.1 Å². The Balaban J connectivity index is 2.33. The van der Waals surface area contributed by atoms with Gasteiger partial charge < -0.3 is 9.84 Å². The minimum absolute atomic E-state index is 0.0356. The summed E-state index contributed by atoms with van der Waals surface area (Å²) in [5.74, 6) is 0.0111. The van der Waals surface area contributed by atoms with Crippen molar-refractivity contribution in [2.24, 2.45) is 0 Å². The second kappa shape index (κ2) is 3.44. The van der Waals surface area contributed by atoms with Gasteiger partial charge in [-0.15, -0.1) is 0 Å². The molecule has 1 saturated heterocycles. The fourth-order valence-corrected chi connectivity index (χ4v) is 1.51. The molecule has 1 aliphatic heterocycles. The molecule has 3 heteroatoms. The van der Waals surface area contributed by atoms with Crippen LogP contribution in [0, 0.1) is 5.82 Å². The highest BCUT2D eigenvalue weighted by Gasteiger charge is 2.23. The van der Waals surface area contributed by atoms with E-state index in [0.29, 0.717) is 13.2 Å². The van der Waals surface area contributed by atoms with E-state index in [9.17, 15) is 4.39 Å². The first-order valence-electron chi connectivity index (χ1n) is 4.28. The molecule has 0 bridgehead atoms. The number of rotatable bonds is 2. The van der Waals surface area contributed by atoms with Crippen LogP contribution in [0.25, 0.3) is 0 Å². The summed E-state index contributed by atoms with van der Waals surface area (Å²) >= 11 is 0. The van der Waals surface area contributed by atoms with E-state index in [4.69, 9.17) is 9.84 Å². The van der Waals surface area contributed by atoms with Crippen molar-refractivity contribution >= 4 is 0 Å². The van der Waals surface area contributed by atoms with Crippen LogP contribution in [0.1, 0.15) is 17.0 Å². The third-order valence-corrected chi connectivity index (χ3v) is 2.36. The fraction of sp³-hybridized carbons (Fsp3) is 0.400. The Morgan fingerprint density at radius 2 is 2.23 bits per heavy atom. The lowest BCUT2D eigenvalue weighted by molar-refractivity contribution is 0.00758. The number of ether oxygens (including phenoxy) is 1. The molecule has 1 fully saturated rings. The summed E-state index contributed by atoms with van der Waals surface area (Å²) in [5.41, 5.74) is 1.68. The highest BCUT2D eigenvalue weighted by Crippen LogP contribution is 2.27. The maximum absolute atomic E-state index is 12.9. The lowest BCUT2D eigenvalue weighted by Crippen LogP contribution is -2.26. The molecule has 1 aromatic rings. The van der Waals surface area contributed by atoms with Crippen molar-refractivity contribution in [2.75, 3.05) is 13.2 Å². The third-order valence-electron chi connectivity index (χ3n) is 2.36. The molecule has 1 aliphatic rings. The summed E-state index contributed by atoms with van der Waals surface area (Å²) in [6.07, 6.45) is 0. The average Bonchev–Trinajstić information content (AvgIpc) is 2.02. The molecule has 70 valence electrons. The molecule has 0 spiro atoms. The van der Waals surface area contributed by atoms with Crippen LogP contribution in [0.15, 0.2) is 18.2 Å². The SMILES string of the molecule is OCc1ccc(F)cc1C1COC1. The van der Waals surface area contributed by atoms with Gasteiger partial charge in [-0.3, -0.25) is 0 Å². The lowest BCUT2D eigenvalue weighted by atomic mass is 9.93. The maximum Gasteiger partial charge on any atom is 0.123 e. The summed E-state index contributed by atoms with van der Waals surface area (Å²) in [6, 6.07) is 4.48. The van der Waals surface area contributed by atoms with Crippen molar-refractivity contribution in [3.05, 3.63) is 35.1 Å². The summed E-state index contributed by atoms with van der Waals surface area (Å²) in [7, 11) is 0. The van der Waals surface area contributed by atoms with Gasteiger partial charge in [0.15, 0.2) is 0 Å². The lowest BCUT2D eigenvalue weighted by Gasteiger charge is -2.27. The summed E-state index contributed by atoms with van der Waals surface area (Å²) in [4.78, 5) is 0. The molecule has 0 saturated carbocycles. The van der Waals surface area contributed by atoms with Crippen molar-refractivity contribution in [3.63, 3.8) is 0 Å². The van der Waals surface area contributed by atoms with Crippen LogP contribution in [0.2, 0.25) is 0 Å². The first-order chi connectivity index (χ1) is 6.31. The molecular weight excluding hydrogens is 171 g/mol. The van der Waals surface area contributed by atoms with Gasteiger partial charge in [0.1, 0.15) is 5.82 Å². The molecule has 0 unspecified atom stereocenters. The quantitative estimate of drug-likeness (QED) is 0.749. The Bertz CT molecular complexity index is 308. The van der Waals surface area contributed by atoms with Crippen LogP contribution in [-0.2, 0) is 11.3 Å². The van der Waals surface area contributed by atoms with Crippen LogP contribution in [0.4, 0.5) is 4.39 Å². The zero-order valence-corrected chi connectivity index (χ0v) is 7.16. The average molecular weight is 182 g/mol. The van der Waals surface area contributed by atoms with Gasteiger partial charge in [-0.25, -0.2) is 4.39 Å². The Morgan fingerprint density at radius 1 is 1.46 bits per heavy atom. The number of aliphatic hydroxyl groups is 1. The smallest absolute Gasteiger partial charge is 0.123 e. The number of hydrogen-bond acceptors (Lipinski definition) is 2. The molecule has 2 nitrogen and oxygen atoms in total. The maximum atomic E-state index is 12.9. The summed E-state index contributed by atoms with van der Waals surface area (Å²) in [6.45, 7) is 1.24. The molecule has 0 aromatic heterocycles. The van der Waals surface area contributed by atoms with Gasteiger partial charge in [-0.1, -0.05) is 6.07 Å². The Morgan fingerprint density at radius 3 is 2.77 bits per heavy atom. The van der Waals surface area contributed by atoms with Gasteiger partial charge in [-0.2, -0.15) is 0 Å². The summed E-state index contributed by atoms with van der Waals surface area (Å²) < 4.78 is 17.9. The molecule has 2 rings (SSSR count). The molecular formula is C10H11FO2. The Hall–Kier alpha value is -0.930. The highest BCUT2D eigenvalue weighted by molar-refractivity contribution is 5.31. The predicted molar refractivity (Wildman–Crippen MR) is 45.9 cm³/mol. The second-order valence-electron chi connectivity index (χ2n) is 3.24. The number of benzene rings is 1. The zero-order chi connectivity index (χ0) is 9.26. The minimum Gasteiger partial charge on any atom is -0.392 e. The van der Waals surface area contributed by atoms with Gasteiger partial charge in [0, 0.05) is 5.92 Å². The van der Waals surface area contributed by atoms with Gasteiger partial charge in [0.2, 0.25) is 0 Å². The largest absolute Gasteiger partial charge is 0.392 e. The van der Waals surface area contributed by atoms with Crippen molar-refractivity contribution in [1.82, 2.24) is 0 Å². The van der Waals surface area contributed by atoms with Crippen LogP contribution >= 0.6 is 0 Å². The fourth-order valence-electron chi connectivity index (χ4n) is 1.51. The predicted octanol–water partition coefficient (Wildman–Crippen LogP) is 1.43. The van der Waals surface area contributed by atoms with E-state index in [2.05, 4.69) is 0 Å². The topological polar surface area (TPSA) is 29.5 Å². The van der Waals surface area contributed by atoms with Gasteiger partial charge >= 0.3 is 0 Å². The second-order valence-corrected chi connectivity index (χ2v) is 3.24. The molecule has 1 aromatic carbocycles. The van der Waals surface area contributed by atoms with Gasteiger partial charge in [0.25, 0.3) is 0 Å². The van der Waals surface area contributed by atoms with E-state index in [-0.39, 0.29) is 18.3 Å². The number of hydrogen-bond donors (Lipinski definition) is 1. The first kappa shape index (κ1) is 8.66. The molecule has 0 radical (unpaired) electrons. The van der Waals surface area contributed by atoms with Crippen LogP contribution in [0.5, 0.6) is 0 Å². The molecule has 1 heterocycles. The van der Waals surface area contributed by atoms with Crippen molar-refractivity contribution in [3.8, 4) is 0 Å². The monoisotopic (exact) mass is 182 g/mol. The molecule has 0 aliphatic carbocycles. The Kier molecular flexibility index (Phi) is 2.29. The first-order valence-corrected chi connectivity index (χ1v) is 4.28. The van der Waals surface area contributed by atoms with Gasteiger partial charge in [-0.05, 0) is 23.3 Å². The van der Waals surface area contributed by atoms with Crippen molar-refractivity contribution in [1.29, 1.82) is 0 Å². The van der Waals surface area contributed by atoms with Crippen LogP contribution < -0.4 is 0 Å². The molecule has 0 amide bonds. The van der Waals surface area contributed by atoms with E-state index in [0.717, 1.165) is 11.1 Å². The van der Waals surface area contributed by atoms with E-state index in [1.54, 1.807) is 6.07 Å². The number of halogens is 1. The Labute approximate surface area is 76.0 Å². The normalized spacial score (nSPS) is 17.1.